The van der Waals surface area contributed by atoms with Gasteiger partial charge in [0.1, 0.15) is 0 Å². The highest BCUT2D eigenvalue weighted by Crippen LogP contribution is 2.25. The van der Waals surface area contributed by atoms with Crippen LogP contribution in [0.1, 0.15) is 31.7 Å². The van der Waals surface area contributed by atoms with Gasteiger partial charge in [-0.1, -0.05) is 19.1 Å². The fraction of sp³-hybridized carbons (Fsp3) is 0.556. The number of rotatable bonds is 4. The number of nitrogens with zero attached hydrogens (tertiary/aromatic N) is 1. The maximum atomic E-state index is 12.4. The standard InChI is InChI=1S/C18H25N3O2.ClH/c1-2-13-5-7-16(8-6-13)21-12-14(10-17(21)22)18(23)20-15-4-3-9-19-11-15;/h5-8,14-15,19H,2-4,9-12H2,1H3,(H,20,23);1H. The molecular formula is C18H26ClN3O2. The molecule has 2 amide bonds. The summed E-state index contributed by atoms with van der Waals surface area (Å²) in [6.45, 7) is 4.44. The van der Waals surface area contributed by atoms with E-state index < -0.39 is 0 Å². The second kappa shape index (κ2) is 8.49. The maximum Gasteiger partial charge on any atom is 0.227 e. The number of carbonyl (C=O) groups excluding carboxylic acids is 2. The van der Waals surface area contributed by atoms with E-state index in [0.717, 1.165) is 38.0 Å². The van der Waals surface area contributed by atoms with Gasteiger partial charge in [-0.3, -0.25) is 9.59 Å². The first kappa shape index (κ1) is 18.7. The van der Waals surface area contributed by atoms with Crippen molar-refractivity contribution in [1.82, 2.24) is 10.6 Å². The van der Waals surface area contributed by atoms with Crippen molar-refractivity contribution < 1.29 is 9.59 Å². The number of nitrogens with one attached hydrogen (secondary N) is 2. The number of aryl methyl sites for hydroxylation is 1. The van der Waals surface area contributed by atoms with Gasteiger partial charge in [0.15, 0.2) is 0 Å². The van der Waals surface area contributed by atoms with Crippen molar-refractivity contribution >= 4 is 29.9 Å². The highest BCUT2D eigenvalue weighted by molar-refractivity contribution is 6.00. The Kier molecular flexibility index (Phi) is 6.63. The van der Waals surface area contributed by atoms with Crippen molar-refractivity contribution in [3.8, 4) is 0 Å². The molecule has 0 spiro atoms. The van der Waals surface area contributed by atoms with Crippen molar-refractivity contribution in [2.24, 2.45) is 5.92 Å². The summed E-state index contributed by atoms with van der Waals surface area (Å²) in [6, 6.07) is 8.24. The van der Waals surface area contributed by atoms with E-state index in [9.17, 15) is 9.59 Å². The number of piperidine rings is 1. The van der Waals surface area contributed by atoms with Crippen LogP contribution in [0.25, 0.3) is 0 Å². The fourth-order valence-corrected chi connectivity index (χ4v) is 3.34. The molecule has 2 aliphatic rings. The van der Waals surface area contributed by atoms with Crippen LogP contribution in [0.2, 0.25) is 0 Å². The van der Waals surface area contributed by atoms with Gasteiger partial charge >= 0.3 is 0 Å². The molecule has 2 atom stereocenters. The normalized spacial score (nSPS) is 23.7. The van der Waals surface area contributed by atoms with Crippen LogP contribution < -0.4 is 15.5 Å². The van der Waals surface area contributed by atoms with Gasteiger partial charge in [-0.05, 0) is 43.5 Å². The molecule has 2 unspecified atom stereocenters. The van der Waals surface area contributed by atoms with Crippen LogP contribution in [-0.4, -0.2) is 37.5 Å². The molecule has 6 heteroatoms. The summed E-state index contributed by atoms with van der Waals surface area (Å²) < 4.78 is 0. The Morgan fingerprint density at radius 3 is 2.71 bits per heavy atom. The van der Waals surface area contributed by atoms with Gasteiger partial charge in [0.25, 0.3) is 0 Å². The third-order valence-electron chi connectivity index (χ3n) is 4.80. The second-order valence-electron chi connectivity index (χ2n) is 6.48. The minimum absolute atomic E-state index is 0. The minimum Gasteiger partial charge on any atom is -0.352 e. The molecule has 132 valence electrons. The maximum absolute atomic E-state index is 12.4. The Balaban J connectivity index is 0.00000208. The summed E-state index contributed by atoms with van der Waals surface area (Å²) in [5, 5.41) is 6.38. The van der Waals surface area contributed by atoms with E-state index in [2.05, 4.69) is 17.6 Å². The lowest BCUT2D eigenvalue weighted by atomic mass is 10.0. The van der Waals surface area contributed by atoms with Gasteiger partial charge in [-0.15, -0.1) is 12.4 Å². The van der Waals surface area contributed by atoms with Gasteiger partial charge < -0.3 is 15.5 Å². The highest BCUT2D eigenvalue weighted by Gasteiger charge is 2.35. The number of benzene rings is 1. The smallest absolute Gasteiger partial charge is 0.227 e. The summed E-state index contributed by atoms with van der Waals surface area (Å²) in [5.74, 6) is -0.189. The van der Waals surface area contributed by atoms with Crippen LogP contribution >= 0.6 is 12.4 Å². The fourth-order valence-electron chi connectivity index (χ4n) is 3.34. The van der Waals surface area contributed by atoms with E-state index in [0.29, 0.717) is 13.0 Å². The van der Waals surface area contributed by atoms with E-state index in [1.165, 1.54) is 5.56 Å². The van der Waals surface area contributed by atoms with Crippen LogP contribution in [0.5, 0.6) is 0 Å². The molecule has 0 bridgehead atoms. The van der Waals surface area contributed by atoms with E-state index in [-0.39, 0.29) is 36.2 Å². The Labute approximate surface area is 149 Å². The van der Waals surface area contributed by atoms with Gasteiger partial charge in [-0.2, -0.15) is 0 Å². The van der Waals surface area contributed by atoms with Gasteiger partial charge in [-0.25, -0.2) is 0 Å². The van der Waals surface area contributed by atoms with Crippen molar-refractivity contribution in [2.75, 3.05) is 24.5 Å². The Bertz CT molecular complexity index is 570. The van der Waals surface area contributed by atoms with Crippen LogP contribution in [0.15, 0.2) is 24.3 Å². The molecule has 0 aliphatic carbocycles. The molecule has 2 N–H and O–H groups in total. The van der Waals surface area contributed by atoms with Gasteiger partial charge in [0.2, 0.25) is 11.8 Å². The lowest BCUT2D eigenvalue weighted by Crippen LogP contribution is -2.47. The monoisotopic (exact) mass is 351 g/mol. The van der Waals surface area contributed by atoms with Crippen LogP contribution in [0, 0.1) is 5.92 Å². The van der Waals surface area contributed by atoms with Crippen LogP contribution in [0.4, 0.5) is 5.69 Å². The summed E-state index contributed by atoms with van der Waals surface area (Å²) in [6.07, 6.45) is 3.39. The molecule has 2 heterocycles. The Morgan fingerprint density at radius 1 is 1.33 bits per heavy atom. The molecular weight excluding hydrogens is 326 g/mol. The lowest BCUT2D eigenvalue weighted by Gasteiger charge is -2.25. The van der Waals surface area contributed by atoms with E-state index >= 15 is 0 Å². The average Bonchev–Trinajstić information content (AvgIpc) is 2.98. The minimum atomic E-state index is -0.240. The number of carbonyl (C=O) groups is 2. The first-order chi connectivity index (χ1) is 11.2. The molecule has 2 saturated heterocycles. The first-order valence-electron chi connectivity index (χ1n) is 8.57. The van der Waals surface area contributed by atoms with Crippen molar-refractivity contribution in [1.29, 1.82) is 0 Å². The lowest BCUT2D eigenvalue weighted by molar-refractivity contribution is -0.127. The topological polar surface area (TPSA) is 61.4 Å². The van der Waals surface area contributed by atoms with E-state index in [1.807, 2.05) is 24.3 Å². The largest absolute Gasteiger partial charge is 0.352 e. The molecule has 2 fully saturated rings. The first-order valence-corrected chi connectivity index (χ1v) is 8.57. The number of hydrogen-bond donors (Lipinski definition) is 2. The summed E-state index contributed by atoms with van der Waals surface area (Å²) in [5.41, 5.74) is 2.14. The zero-order valence-electron chi connectivity index (χ0n) is 14.1. The summed E-state index contributed by atoms with van der Waals surface area (Å²) >= 11 is 0. The summed E-state index contributed by atoms with van der Waals surface area (Å²) in [7, 11) is 0. The highest BCUT2D eigenvalue weighted by atomic mass is 35.5. The van der Waals surface area contributed by atoms with Crippen molar-refractivity contribution in [3.63, 3.8) is 0 Å². The van der Waals surface area contributed by atoms with Crippen molar-refractivity contribution in [2.45, 2.75) is 38.6 Å². The molecule has 1 aromatic carbocycles. The predicted molar refractivity (Wildman–Crippen MR) is 97.6 cm³/mol. The number of anilines is 1. The molecule has 0 radical (unpaired) electrons. The third kappa shape index (κ3) is 4.28. The van der Waals surface area contributed by atoms with Gasteiger partial charge in [0.05, 0.1) is 5.92 Å². The quantitative estimate of drug-likeness (QED) is 0.870. The number of hydrogen-bond acceptors (Lipinski definition) is 3. The predicted octanol–water partition coefficient (Wildman–Crippen LogP) is 1.89. The molecule has 3 rings (SSSR count). The molecule has 2 aliphatic heterocycles. The van der Waals surface area contributed by atoms with E-state index in [1.54, 1.807) is 4.90 Å². The molecule has 1 aromatic rings. The average molecular weight is 352 g/mol. The zero-order valence-corrected chi connectivity index (χ0v) is 14.9. The van der Waals surface area contributed by atoms with Crippen LogP contribution in [-0.2, 0) is 16.0 Å². The second-order valence-corrected chi connectivity index (χ2v) is 6.48. The third-order valence-corrected chi connectivity index (χ3v) is 4.80. The Morgan fingerprint density at radius 2 is 2.08 bits per heavy atom. The number of amides is 2. The molecule has 0 aromatic heterocycles. The zero-order chi connectivity index (χ0) is 16.2. The summed E-state index contributed by atoms with van der Waals surface area (Å²) in [4.78, 5) is 26.4. The Hall–Kier alpha value is -1.59. The van der Waals surface area contributed by atoms with E-state index in [4.69, 9.17) is 0 Å². The molecule has 0 saturated carbocycles. The number of halogens is 1. The van der Waals surface area contributed by atoms with Gasteiger partial charge in [0, 0.05) is 31.2 Å². The van der Waals surface area contributed by atoms with Crippen molar-refractivity contribution in [3.05, 3.63) is 29.8 Å². The SMILES string of the molecule is CCc1ccc(N2CC(C(=O)NC3CCCNC3)CC2=O)cc1.Cl. The molecule has 5 nitrogen and oxygen atoms in total. The molecule has 24 heavy (non-hydrogen) atoms. The van der Waals surface area contributed by atoms with Crippen LogP contribution in [0.3, 0.4) is 0 Å².